The quantitative estimate of drug-likeness (QED) is 0.380. The van der Waals surface area contributed by atoms with Crippen molar-refractivity contribution in [3.05, 3.63) is 64.2 Å². The number of carbonyl (C=O) groups excluding carboxylic acids is 1. The van der Waals surface area contributed by atoms with Crippen molar-refractivity contribution < 1.29 is 22.9 Å². The highest BCUT2D eigenvalue weighted by Gasteiger charge is 2.29. The first kappa shape index (κ1) is 26.3. The van der Waals surface area contributed by atoms with E-state index in [9.17, 15) is 23.3 Å². The van der Waals surface area contributed by atoms with E-state index in [0.717, 1.165) is 11.6 Å². The normalized spacial score (nSPS) is 11.9. The Morgan fingerprint density at radius 3 is 2.18 bits per heavy atom. The highest BCUT2D eigenvalue weighted by Crippen LogP contribution is 2.31. The number of sulfonamides is 1. The Morgan fingerprint density at radius 1 is 1.06 bits per heavy atom. The van der Waals surface area contributed by atoms with Crippen LogP contribution in [0.25, 0.3) is 0 Å². The molecule has 2 rings (SSSR count). The number of amides is 1. The Hall–Kier alpha value is -2.98. The molecule has 0 saturated heterocycles. The summed E-state index contributed by atoms with van der Waals surface area (Å²) in [5, 5.41) is 11.6. The first-order valence-electron chi connectivity index (χ1n) is 10.7. The number of nitrogens with zero attached hydrogens (tertiary/aromatic N) is 3. The van der Waals surface area contributed by atoms with Crippen molar-refractivity contribution in [1.29, 1.82) is 0 Å². The van der Waals surface area contributed by atoms with Crippen LogP contribution in [0, 0.1) is 10.1 Å². The maximum absolute atomic E-state index is 13.0. The second kappa shape index (κ2) is 10.8. The van der Waals surface area contributed by atoms with Crippen molar-refractivity contribution in [3.8, 4) is 5.75 Å². The largest absolute Gasteiger partial charge is 0.477 e. The van der Waals surface area contributed by atoms with Crippen molar-refractivity contribution in [3.63, 3.8) is 0 Å². The van der Waals surface area contributed by atoms with Gasteiger partial charge in [-0.05, 0) is 38.5 Å². The molecule has 0 aliphatic carbocycles. The second-order valence-corrected chi connectivity index (χ2v) is 10.3. The van der Waals surface area contributed by atoms with E-state index in [2.05, 4.69) is 0 Å². The van der Waals surface area contributed by atoms with Crippen molar-refractivity contribution in [2.75, 3.05) is 19.7 Å². The lowest BCUT2D eigenvalue weighted by Gasteiger charge is -2.35. The SMILES string of the molecule is CCN(CC)S(=O)(=O)c1ccc(OCC(=O)N(Cc2ccccc2)C(C)(C)C)c([N+](=O)[O-])c1. The van der Waals surface area contributed by atoms with Crippen molar-refractivity contribution in [1.82, 2.24) is 9.21 Å². The third-order valence-corrected chi connectivity index (χ3v) is 7.16. The molecule has 10 heteroatoms. The molecule has 0 saturated carbocycles. The monoisotopic (exact) mass is 477 g/mol. The fourth-order valence-corrected chi connectivity index (χ4v) is 4.80. The number of hydrogen-bond donors (Lipinski definition) is 0. The number of nitro benzene ring substituents is 1. The Bertz CT molecular complexity index is 1080. The zero-order chi connectivity index (χ0) is 24.8. The molecule has 2 aromatic rings. The minimum absolute atomic E-state index is 0.166. The Labute approximate surface area is 195 Å². The van der Waals surface area contributed by atoms with Crippen LogP contribution >= 0.6 is 0 Å². The smallest absolute Gasteiger partial charge is 0.312 e. The van der Waals surface area contributed by atoms with Crippen LogP contribution in [0.4, 0.5) is 5.69 Å². The van der Waals surface area contributed by atoms with Crippen LogP contribution in [0.3, 0.4) is 0 Å². The number of ether oxygens (including phenoxy) is 1. The molecule has 9 nitrogen and oxygen atoms in total. The minimum Gasteiger partial charge on any atom is -0.477 e. The van der Waals surface area contributed by atoms with Crippen molar-refractivity contribution in [2.45, 2.75) is 51.6 Å². The molecule has 180 valence electrons. The zero-order valence-electron chi connectivity index (χ0n) is 19.6. The number of benzene rings is 2. The van der Waals surface area contributed by atoms with Gasteiger partial charge >= 0.3 is 5.69 Å². The van der Waals surface area contributed by atoms with E-state index in [1.54, 1.807) is 18.7 Å². The van der Waals surface area contributed by atoms with Gasteiger partial charge in [0, 0.05) is 31.2 Å². The lowest BCUT2D eigenvalue weighted by molar-refractivity contribution is -0.386. The Morgan fingerprint density at radius 2 is 1.67 bits per heavy atom. The van der Waals surface area contributed by atoms with E-state index in [1.807, 2.05) is 51.1 Å². The molecule has 0 aromatic heterocycles. The van der Waals surface area contributed by atoms with Gasteiger partial charge < -0.3 is 9.64 Å². The molecule has 0 fully saturated rings. The number of carbonyl (C=O) groups is 1. The summed E-state index contributed by atoms with van der Waals surface area (Å²) >= 11 is 0. The second-order valence-electron chi connectivity index (χ2n) is 8.40. The summed E-state index contributed by atoms with van der Waals surface area (Å²) in [6.45, 7) is 9.47. The van der Waals surface area contributed by atoms with Crippen LogP contribution < -0.4 is 4.74 Å². The maximum atomic E-state index is 13.0. The molecule has 0 bridgehead atoms. The van der Waals surface area contributed by atoms with Gasteiger partial charge in [-0.3, -0.25) is 14.9 Å². The standard InChI is InChI=1S/C23H31N3O6S/c1-6-24(7-2)33(30,31)19-13-14-21(20(15-19)26(28)29)32-17-22(27)25(23(3,4)5)16-18-11-9-8-10-12-18/h8-15H,6-7,16-17H2,1-5H3. The predicted molar refractivity (Wildman–Crippen MR) is 125 cm³/mol. The summed E-state index contributed by atoms with van der Waals surface area (Å²) < 4.78 is 32.2. The summed E-state index contributed by atoms with van der Waals surface area (Å²) in [6, 6.07) is 12.9. The Kier molecular flexibility index (Phi) is 8.57. The number of hydrogen-bond acceptors (Lipinski definition) is 6. The topological polar surface area (TPSA) is 110 Å². The fourth-order valence-electron chi connectivity index (χ4n) is 3.32. The van der Waals surface area contributed by atoms with Gasteiger partial charge in [-0.2, -0.15) is 4.31 Å². The summed E-state index contributed by atoms with van der Waals surface area (Å²) in [5.41, 5.74) is -0.0803. The van der Waals surface area contributed by atoms with Gasteiger partial charge in [-0.1, -0.05) is 44.2 Å². The molecule has 33 heavy (non-hydrogen) atoms. The third kappa shape index (κ3) is 6.52. The fraction of sp³-hybridized carbons (Fsp3) is 0.435. The van der Waals surface area contributed by atoms with Crippen LogP contribution in [0.15, 0.2) is 53.4 Å². The molecule has 0 N–H and O–H groups in total. The molecular weight excluding hydrogens is 446 g/mol. The van der Waals surface area contributed by atoms with Gasteiger partial charge in [0.25, 0.3) is 5.91 Å². The van der Waals surface area contributed by atoms with Crippen LogP contribution in [0.2, 0.25) is 0 Å². The molecule has 1 amide bonds. The van der Waals surface area contributed by atoms with E-state index in [4.69, 9.17) is 4.74 Å². The van der Waals surface area contributed by atoms with Crippen LogP contribution in [-0.2, 0) is 21.4 Å². The lowest BCUT2D eigenvalue weighted by Crippen LogP contribution is -2.47. The van der Waals surface area contributed by atoms with Crippen molar-refractivity contribution in [2.24, 2.45) is 0 Å². The van der Waals surface area contributed by atoms with E-state index in [1.165, 1.54) is 16.4 Å². The molecule has 0 unspecified atom stereocenters. The molecule has 0 spiro atoms. The molecule has 0 radical (unpaired) electrons. The van der Waals surface area contributed by atoms with Gasteiger partial charge in [0.05, 0.1) is 9.82 Å². The lowest BCUT2D eigenvalue weighted by atomic mass is 10.0. The first-order valence-corrected chi connectivity index (χ1v) is 12.1. The van der Waals surface area contributed by atoms with Crippen LogP contribution in [0.1, 0.15) is 40.2 Å². The van der Waals surface area contributed by atoms with Crippen LogP contribution in [0.5, 0.6) is 5.75 Å². The van der Waals surface area contributed by atoms with Gasteiger partial charge in [0.1, 0.15) is 0 Å². The highest BCUT2D eigenvalue weighted by atomic mass is 32.2. The number of rotatable bonds is 10. The summed E-state index contributed by atoms with van der Waals surface area (Å²) in [5.74, 6) is -0.513. The van der Waals surface area contributed by atoms with E-state index >= 15 is 0 Å². The van der Waals surface area contributed by atoms with Crippen molar-refractivity contribution >= 4 is 21.6 Å². The summed E-state index contributed by atoms with van der Waals surface area (Å²) in [7, 11) is -3.87. The number of nitro groups is 1. The molecule has 0 aliphatic heterocycles. The minimum atomic E-state index is -3.87. The zero-order valence-corrected chi connectivity index (χ0v) is 20.5. The average Bonchev–Trinajstić information content (AvgIpc) is 2.76. The van der Waals surface area contributed by atoms with Gasteiger partial charge in [0.15, 0.2) is 12.4 Å². The van der Waals surface area contributed by atoms with E-state index in [-0.39, 0.29) is 29.6 Å². The third-order valence-electron chi connectivity index (χ3n) is 5.12. The molecule has 0 aliphatic rings. The molecule has 0 heterocycles. The Balaban J connectivity index is 2.27. The first-order chi connectivity index (χ1) is 15.4. The van der Waals surface area contributed by atoms with E-state index < -0.39 is 32.8 Å². The van der Waals surface area contributed by atoms with Gasteiger partial charge in [-0.25, -0.2) is 8.42 Å². The van der Waals surface area contributed by atoms with Crippen LogP contribution in [-0.4, -0.2) is 53.7 Å². The molecular formula is C23H31N3O6S. The summed E-state index contributed by atoms with van der Waals surface area (Å²) in [4.78, 5) is 25.3. The highest BCUT2D eigenvalue weighted by molar-refractivity contribution is 7.89. The van der Waals surface area contributed by atoms with Gasteiger partial charge in [0.2, 0.25) is 10.0 Å². The van der Waals surface area contributed by atoms with Gasteiger partial charge in [-0.15, -0.1) is 0 Å². The average molecular weight is 478 g/mol. The van der Waals surface area contributed by atoms with E-state index in [0.29, 0.717) is 6.54 Å². The summed E-state index contributed by atoms with van der Waals surface area (Å²) in [6.07, 6.45) is 0. The molecule has 0 atom stereocenters. The maximum Gasteiger partial charge on any atom is 0.312 e. The predicted octanol–water partition coefficient (Wildman–Crippen LogP) is 3.83. The molecule has 2 aromatic carbocycles.